The van der Waals surface area contributed by atoms with Crippen molar-refractivity contribution < 1.29 is 14.3 Å². The van der Waals surface area contributed by atoms with Crippen molar-refractivity contribution in [2.45, 2.75) is 19.4 Å². The molecule has 1 aliphatic heterocycles. The number of carbonyl (C=O) groups is 1. The molecular formula is C20H21BrClNO3. The predicted octanol–water partition coefficient (Wildman–Crippen LogP) is 5.53. The highest BCUT2D eigenvalue weighted by molar-refractivity contribution is 9.10. The van der Waals surface area contributed by atoms with Gasteiger partial charge in [-0.25, -0.2) is 4.79 Å². The lowest BCUT2D eigenvalue weighted by atomic mass is 9.98. The summed E-state index contributed by atoms with van der Waals surface area (Å²) in [6, 6.07) is 15.3. The first-order valence-corrected chi connectivity index (χ1v) is 9.82. The van der Waals surface area contributed by atoms with Crippen LogP contribution in [0.2, 0.25) is 5.02 Å². The van der Waals surface area contributed by atoms with Crippen molar-refractivity contribution in [1.29, 1.82) is 0 Å². The van der Waals surface area contributed by atoms with E-state index in [-0.39, 0.29) is 6.09 Å². The van der Waals surface area contributed by atoms with Gasteiger partial charge in [0.15, 0.2) is 0 Å². The Morgan fingerprint density at radius 2 is 1.88 bits per heavy atom. The van der Waals surface area contributed by atoms with Crippen molar-refractivity contribution in [2.75, 3.05) is 19.7 Å². The summed E-state index contributed by atoms with van der Waals surface area (Å²) in [6.45, 7) is 2.29. The molecule has 0 aromatic heterocycles. The second-order valence-electron chi connectivity index (χ2n) is 6.36. The highest BCUT2D eigenvalue weighted by Crippen LogP contribution is 2.29. The molecule has 2 aromatic carbocycles. The first-order chi connectivity index (χ1) is 12.6. The standard InChI is InChI=1S/C20H21BrClNO3/c21-17-6-7-18(22)19(12-17)25-13-16-8-10-23(11-9-16)20(24)26-14-15-4-2-1-3-5-15/h1-7,12,16H,8-11,13-14H2. The van der Waals surface area contributed by atoms with Gasteiger partial charge in [-0.2, -0.15) is 0 Å². The number of carbonyl (C=O) groups excluding carboxylic acids is 1. The zero-order valence-electron chi connectivity index (χ0n) is 14.4. The number of ether oxygens (including phenoxy) is 2. The molecule has 0 unspecified atom stereocenters. The number of nitrogens with zero attached hydrogens (tertiary/aromatic N) is 1. The van der Waals surface area contributed by atoms with Gasteiger partial charge in [0.05, 0.1) is 11.6 Å². The molecule has 4 nitrogen and oxygen atoms in total. The number of hydrogen-bond donors (Lipinski definition) is 0. The number of likely N-dealkylation sites (tertiary alicyclic amines) is 1. The first-order valence-electron chi connectivity index (χ1n) is 8.65. The average molecular weight is 439 g/mol. The number of rotatable bonds is 5. The van der Waals surface area contributed by atoms with Gasteiger partial charge in [0.2, 0.25) is 0 Å². The molecule has 0 bridgehead atoms. The minimum atomic E-state index is -0.247. The molecule has 1 fully saturated rings. The van der Waals surface area contributed by atoms with Crippen molar-refractivity contribution in [1.82, 2.24) is 4.90 Å². The van der Waals surface area contributed by atoms with Crippen LogP contribution in [0.4, 0.5) is 4.79 Å². The molecule has 3 rings (SSSR count). The fraction of sp³-hybridized carbons (Fsp3) is 0.350. The summed E-state index contributed by atoms with van der Waals surface area (Å²) in [6.07, 6.45) is 1.54. The van der Waals surface area contributed by atoms with E-state index in [1.165, 1.54) is 0 Å². The lowest BCUT2D eigenvalue weighted by Gasteiger charge is -2.31. The van der Waals surface area contributed by atoms with Crippen molar-refractivity contribution in [3.05, 3.63) is 63.6 Å². The van der Waals surface area contributed by atoms with Crippen LogP contribution in [0.3, 0.4) is 0 Å². The third kappa shape index (κ3) is 5.39. The van der Waals surface area contributed by atoms with Crippen LogP contribution in [0.5, 0.6) is 5.75 Å². The van der Waals surface area contributed by atoms with E-state index in [2.05, 4.69) is 15.9 Å². The van der Waals surface area contributed by atoms with Crippen molar-refractivity contribution in [3.8, 4) is 5.75 Å². The highest BCUT2D eigenvalue weighted by Gasteiger charge is 2.24. The van der Waals surface area contributed by atoms with Gasteiger partial charge >= 0.3 is 6.09 Å². The third-order valence-corrected chi connectivity index (χ3v) is 5.25. The zero-order valence-corrected chi connectivity index (χ0v) is 16.7. The summed E-state index contributed by atoms with van der Waals surface area (Å²) in [5, 5.41) is 0.607. The summed E-state index contributed by atoms with van der Waals surface area (Å²) < 4.78 is 12.2. The van der Waals surface area contributed by atoms with Crippen LogP contribution in [-0.4, -0.2) is 30.7 Å². The maximum absolute atomic E-state index is 12.2. The molecule has 26 heavy (non-hydrogen) atoms. The van der Waals surface area contributed by atoms with Crippen molar-refractivity contribution in [3.63, 3.8) is 0 Å². The summed E-state index contributed by atoms with van der Waals surface area (Å²) in [5.74, 6) is 1.09. The smallest absolute Gasteiger partial charge is 0.410 e. The topological polar surface area (TPSA) is 38.8 Å². The Labute approximate surface area is 167 Å². The highest BCUT2D eigenvalue weighted by atomic mass is 79.9. The van der Waals surface area contributed by atoms with Gasteiger partial charge in [-0.05, 0) is 42.5 Å². The molecule has 1 aliphatic rings. The van der Waals surface area contributed by atoms with E-state index in [9.17, 15) is 4.79 Å². The summed E-state index contributed by atoms with van der Waals surface area (Å²) in [7, 11) is 0. The fourth-order valence-electron chi connectivity index (χ4n) is 2.89. The van der Waals surface area contributed by atoms with Crippen LogP contribution in [0.1, 0.15) is 18.4 Å². The Morgan fingerprint density at radius 1 is 1.15 bits per heavy atom. The van der Waals surface area contributed by atoms with Gasteiger partial charge in [0, 0.05) is 17.6 Å². The maximum Gasteiger partial charge on any atom is 0.410 e. The van der Waals surface area contributed by atoms with Gasteiger partial charge < -0.3 is 14.4 Å². The summed E-state index contributed by atoms with van der Waals surface area (Å²) in [4.78, 5) is 14.0. The molecule has 1 amide bonds. The van der Waals surface area contributed by atoms with E-state index in [1.54, 1.807) is 4.90 Å². The van der Waals surface area contributed by atoms with Crippen LogP contribution < -0.4 is 4.74 Å². The van der Waals surface area contributed by atoms with E-state index >= 15 is 0 Å². The van der Waals surface area contributed by atoms with E-state index in [0.717, 1.165) is 22.9 Å². The lowest BCUT2D eigenvalue weighted by Crippen LogP contribution is -2.40. The fourth-order valence-corrected chi connectivity index (χ4v) is 3.40. The largest absolute Gasteiger partial charge is 0.492 e. The van der Waals surface area contributed by atoms with E-state index in [0.29, 0.717) is 43.0 Å². The van der Waals surface area contributed by atoms with E-state index in [4.69, 9.17) is 21.1 Å². The molecule has 2 aromatic rings. The molecule has 138 valence electrons. The maximum atomic E-state index is 12.2. The minimum absolute atomic E-state index is 0.247. The van der Waals surface area contributed by atoms with E-state index in [1.807, 2.05) is 48.5 Å². The number of hydrogen-bond acceptors (Lipinski definition) is 3. The SMILES string of the molecule is O=C(OCc1ccccc1)N1CCC(COc2cc(Br)ccc2Cl)CC1. The molecule has 1 heterocycles. The Kier molecular flexibility index (Phi) is 6.80. The summed E-state index contributed by atoms with van der Waals surface area (Å²) >= 11 is 9.57. The molecule has 0 radical (unpaired) electrons. The predicted molar refractivity (Wildman–Crippen MR) is 106 cm³/mol. The van der Waals surface area contributed by atoms with Crippen LogP contribution in [0.15, 0.2) is 53.0 Å². The number of amides is 1. The molecule has 0 spiro atoms. The Bertz CT molecular complexity index is 733. The van der Waals surface area contributed by atoms with Gasteiger partial charge in [0.1, 0.15) is 12.4 Å². The minimum Gasteiger partial charge on any atom is -0.492 e. The van der Waals surface area contributed by atoms with Crippen LogP contribution in [0.25, 0.3) is 0 Å². The van der Waals surface area contributed by atoms with Crippen LogP contribution in [-0.2, 0) is 11.3 Å². The number of halogens is 2. The Hall–Kier alpha value is -1.72. The van der Waals surface area contributed by atoms with E-state index < -0.39 is 0 Å². The third-order valence-electron chi connectivity index (χ3n) is 4.45. The molecule has 1 saturated heterocycles. The van der Waals surface area contributed by atoms with Gasteiger partial charge in [-0.15, -0.1) is 0 Å². The Balaban J connectivity index is 1.41. The monoisotopic (exact) mass is 437 g/mol. The Morgan fingerprint density at radius 3 is 2.62 bits per heavy atom. The normalized spacial score (nSPS) is 14.9. The van der Waals surface area contributed by atoms with Gasteiger partial charge in [0.25, 0.3) is 0 Å². The average Bonchev–Trinajstić information content (AvgIpc) is 2.68. The molecule has 0 atom stereocenters. The molecule has 0 saturated carbocycles. The summed E-state index contributed by atoms with van der Waals surface area (Å²) in [5.41, 5.74) is 0.995. The van der Waals surface area contributed by atoms with Gasteiger partial charge in [-0.3, -0.25) is 0 Å². The first kappa shape index (κ1) is 19.1. The second-order valence-corrected chi connectivity index (χ2v) is 7.68. The quantitative estimate of drug-likeness (QED) is 0.616. The second kappa shape index (κ2) is 9.28. The van der Waals surface area contributed by atoms with Crippen molar-refractivity contribution in [2.24, 2.45) is 5.92 Å². The number of benzene rings is 2. The zero-order chi connectivity index (χ0) is 18.4. The molecule has 0 N–H and O–H groups in total. The van der Waals surface area contributed by atoms with Crippen LogP contribution in [0, 0.1) is 5.92 Å². The number of piperidine rings is 1. The molecular weight excluding hydrogens is 418 g/mol. The lowest BCUT2D eigenvalue weighted by molar-refractivity contribution is 0.0761. The van der Waals surface area contributed by atoms with Crippen molar-refractivity contribution >= 4 is 33.6 Å². The van der Waals surface area contributed by atoms with Gasteiger partial charge in [-0.1, -0.05) is 57.9 Å². The van der Waals surface area contributed by atoms with Crippen LogP contribution >= 0.6 is 27.5 Å². The molecule has 6 heteroatoms. The molecule has 0 aliphatic carbocycles.